The molecule has 3 aromatic rings. The van der Waals surface area contributed by atoms with E-state index in [9.17, 15) is 4.79 Å². The summed E-state index contributed by atoms with van der Waals surface area (Å²) < 4.78 is 7.12. The fourth-order valence-corrected chi connectivity index (χ4v) is 2.73. The van der Waals surface area contributed by atoms with Gasteiger partial charge in [-0.05, 0) is 18.6 Å². The Morgan fingerprint density at radius 1 is 1.12 bits per heavy atom. The summed E-state index contributed by atoms with van der Waals surface area (Å²) >= 11 is 0. The molecule has 1 aromatic heterocycles. The molecule has 1 heterocycles. The molecule has 0 spiro atoms. The number of aromatic nitrogens is 2. The first-order valence-corrected chi connectivity index (χ1v) is 8.16. The third-order valence-electron chi connectivity index (χ3n) is 3.89. The number of carbonyl (C=O) groups is 1. The van der Waals surface area contributed by atoms with Crippen LogP contribution in [0.5, 0.6) is 5.75 Å². The van der Waals surface area contributed by atoms with Crippen molar-refractivity contribution in [1.29, 1.82) is 0 Å². The number of nitrogens with one attached hydrogen (secondary N) is 1. The first-order chi connectivity index (χ1) is 12.2. The molecule has 3 rings (SSSR count). The summed E-state index contributed by atoms with van der Waals surface area (Å²) in [6, 6.07) is 19.5. The van der Waals surface area contributed by atoms with Crippen LogP contribution in [0.15, 0.2) is 60.7 Å². The second-order valence-corrected chi connectivity index (χ2v) is 5.85. The maximum Gasteiger partial charge on any atom is 0.230 e. The minimum Gasteiger partial charge on any atom is -0.496 e. The Bertz CT molecular complexity index is 856. The van der Waals surface area contributed by atoms with E-state index in [4.69, 9.17) is 4.74 Å². The number of amides is 1. The lowest BCUT2D eigenvalue weighted by Crippen LogP contribution is -2.18. The molecule has 0 radical (unpaired) electrons. The van der Waals surface area contributed by atoms with Gasteiger partial charge in [0.2, 0.25) is 5.91 Å². The highest BCUT2D eigenvalue weighted by Crippen LogP contribution is 2.19. The molecule has 0 saturated heterocycles. The molecule has 0 atom stereocenters. The third kappa shape index (κ3) is 4.26. The zero-order valence-electron chi connectivity index (χ0n) is 14.4. The standard InChI is InChI=1S/C20H21N3O2/c1-15-12-19(23(22-15)14-16-8-4-3-5-9-16)21-20(24)13-17-10-6-7-11-18(17)25-2/h3-12H,13-14H2,1-2H3,(H,21,24). The minimum atomic E-state index is -0.0984. The van der Waals surface area contributed by atoms with E-state index < -0.39 is 0 Å². The maximum absolute atomic E-state index is 12.5. The molecule has 0 fully saturated rings. The Morgan fingerprint density at radius 3 is 2.60 bits per heavy atom. The van der Waals surface area contributed by atoms with Gasteiger partial charge in [0.1, 0.15) is 11.6 Å². The number of aryl methyl sites for hydroxylation is 1. The second-order valence-electron chi connectivity index (χ2n) is 5.85. The highest BCUT2D eigenvalue weighted by atomic mass is 16.5. The molecule has 128 valence electrons. The summed E-state index contributed by atoms with van der Waals surface area (Å²) in [6.07, 6.45) is 0.250. The summed E-state index contributed by atoms with van der Waals surface area (Å²) in [6.45, 7) is 2.52. The van der Waals surface area contributed by atoms with Gasteiger partial charge in [0.25, 0.3) is 0 Å². The normalized spacial score (nSPS) is 10.5. The van der Waals surface area contributed by atoms with Crippen molar-refractivity contribution in [2.24, 2.45) is 0 Å². The molecular formula is C20H21N3O2. The van der Waals surface area contributed by atoms with E-state index in [0.717, 1.165) is 16.8 Å². The Morgan fingerprint density at radius 2 is 1.84 bits per heavy atom. The molecular weight excluding hydrogens is 314 g/mol. The highest BCUT2D eigenvalue weighted by molar-refractivity contribution is 5.91. The lowest BCUT2D eigenvalue weighted by molar-refractivity contribution is -0.115. The van der Waals surface area contributed by atoms with E-state index >= 15 is 0 Å². The molecule has 0 saturated carbocycles. The molecule has 2 aromatic carbocycles. The predicted octanol–water partition coefficient (Wildman–Crippen LogP) is 3.43. The van der Waals surface area contributed by atoms with Crippen molar-refractivity contribution in [3.05, 3.63) is 77.5 Å². The van der Waals surface area contributed by atoms with Crippen LogP contribution in [-0.4, -0.2) is 22.8 Å². The number of carbonyl (C=O) groups excluding carboxylic acids is 1. The van der Waals surface area contributed by atoms with Crippen molar-refractivity contribution < 1.29 is 9.53 Å². The number of para-hydroxylation sites is 1. The van der Waals surface area contributed by atoms with E-state index in [2.05, 4.69) is 10.4 Å². The minimum absolute atomic E-state index is 0.0984. The largest absolute Gasteiger partial charge is 0.496 e. The van der Waals surface area contributed by atoms with Gasteiger partial charge < -0.3 is 10.1 Å². The van der Waals surface area contributed by atoms with Gasteiger partial charge in [0, 0.05) is 11.6 Å². The zero-order chi connectivity index (χ0) is 17.6. The van der Waals surface area contributed by atoms with Crippen LogP contribution in [0.4, 0.5) is 5.82 Å². The SMILES string of the molecule is COc1ccccc1CC(=O)Nc1cc(C)nn1Cc1ccccc1. The van der Waals surface area contributed by atoms with Crippen LogP contribution < -0.4 is 10.1 Å². The van der Waals surface area contributed by atoms with Crippen LogP contribution in [0, 0.1) is 6.92 Å². The van der Waals surface area contributed by atoms with Crippen LogP contribution in [-0.2, 0) is 17.8 Å². The first kappa shape index (κ1) is 16.8. The number of methoxy groups -OCH3 is 1. The fraction of sp³-hybridized carbons (Fsp3) is 0.200. The summed E-state index contributed by atoms with van der Waals surface area (Å²) in [7, 11) is 1.61. The molecule has 0 bridgehead atoms. The number of ether oxygens (including phenoxy) is 1. The molecule has 5 nitrogen and oxygen atoms in total. The quantitative estimate of drug-likeness (QED) is 0.751. The van der Waals surface area contributed by atoms with Gasteiger partial charge in [-0.1, -0.05) is 48.5 Å². The van der Waals surface area contributed by atoms with Gasteiger partial charge in [0.15, 0.2) is 0 Å². The van der Waals surface area contributed by atoms with Crippen LogP contribution in [0.1, 0.15) is 16.8 Å². The molecule has 5 heteroatoms. The van der Waals surface area contributed by atoms with Crippen LogP contribution in [0.2, 0.25) is 0 Å². The van der Waals surface area contributed by atoms with Crippen molar-refractivity contribution in [3.63, 3.8) is 0 Å². The molecule has 0 unspecified atom stereocenters. The van der Waals surface area contributed by atoms with Crippen molar-refractivity contribution in [1.82, 2.24) is 9.78 Å². The Labute approximate surface area is 147 Å². The second kappa shape index (κ2) is 7.66. The van der Waals surface area contributed by atoms with Crippen LogP contribution in [0.3, 0.4) is 0 Å². The van der Waals surface area contributed by atoms with E-state index in [1.165, 1.54) is 0 Å². The molecule has 0 aliphatic carbocycles. The van der Waals surface area contributed by atoms with E-state index in [1.807, 2.05) is 72.3 Å². The van der Waals surface area contributed by atoms with E-state index in [-0.39, 0.29) is 12.3 Å². The Hall–Kier alpha value is -3.08. The Balaban J connectivity index is 1.73. The van der Waals surface area contributed by atoms with Gasteiger partial charge in [-0.15, -0.1) is 0 Å². The summed E-state index contributed by atoms with van der Waals surface area (Å²) in [5, 5.41) is 7.43. The molecule has 0 aliphatic heterocycles. The summed E-state index contributed by atoms with van der Waals surface area (Å²) in [4.78, 5) is 12.5. The number of nitrogens with zero attached hydrogens (tertiary/aromatic N) is 2. The van der Waals surface area contributed by atoms with Crippen molar-refractivity contribution >= 4 is 11.7 Å². The topological polar surface area (TPSA) is 56.1 Å². The van der Waals surface area contributed by atoms with Crippen molar-refractivity contribution in [2.75, 3.05) is 12.4 Å². The average molecular weight is 335 g/mol. The number of benzene rings is 2. The van der Waals surface area contributed by atoms with E-state index in [0.29, 0.717) is 18.1 Å². The molecule has 25 heavy (non-hydrogen) atoms. The van der Waals surface area contributed by atoms with Crippen LogP contribution >= 0.6 is 0 Å². The van der Waals surface area contributed by atoms with Crippen LogP contribution in [0.25, 0.3) is 0 Å². The number of hydrogen-bond donors (Lipinski definition) is 1. The van der Waals surface area contributed by atoms with Gasteiger partial charge in [0.05, 0.1) is 25.8 Å². The van der Waals surface area contributed by atoms with Crippen molar-refractivity contribution in [2.45, 2.75) is 19.9 Å². The lowest BCUT2D eigenvalue weighted by Gasteiger charge is -2.11. The lowest BCUT2D eigenvalue weighted by atomic mass is 10.1. The summed E-state index contributed by atoms with van der Waals surface area (Å²) in [5.41, 5.74) is 2.85. The summed E-state index contributed by atoms with van der Waals surface area (Å²) in [5.74, 6) is 1.31. The van der Waals surface area contributed by atoms with E-state index in [1.54, 1.807) is 7.11 Å². The number of rotatable bonds is 6. The molecule has 1 N–H and O–H groups in total. The van der Waals surface area contributed by atoms with Crippen molar-refractivity contribution in [3.8, 4) is 5.75 Å². The van der Waals surface area contributed by atoms with Gasteiger partial charge in [-0.25, -0.2) is 4.68 Å². The fourth-order valence-electron chi connectivity index (χ4n) is 2.73. The smallest absolute Gasteiger partial charge is 0.230 e. The van der Waals surface area contributed by atoms with Gasteiger partial charge in [-0.3, -0.25) is 4.79 Å². The Kier molecular flexibility index (Phi) is 5.14. The zero-order valence-corrected chi connectivity index (χ0v) is 14.4. The monoisotopic (exact) mass is 335 g/mol. The van der Waals surface area contributed by atoms with Gasteiger partial charge >= 0.3 is 0 Å². The molecule has 0 aliphatic rings. The number of hydrogen-bond acceptors (Lipinski definition) is 3. The first-order valence-electron chi connectivity index (χ1n) is 8.16. The number of anilines is 1. The maximum atomic E-state index is 12.5. The third-order valence-corrected chi connectivity index (χ3v) is 3.89. The highest BCUT2D eigenvalue weighted by Gasteiger charge is 2.12. The average Bonchev–Trinajstić information content (AvgIpc) is 2.95. The predicted molar refractivity (Wildman–Crippen MR) is 97.8 cm³/mol. The van der Waals surface area contributed by atoms with Gasteiger partial charge in [-0.2, -0.15) is 5.10 Å². The molecule has 1 amide bonds.